The highest BCUT2D eigenvalue weighted by Gasteiger charge is 2.37. The van der Waals surface area contributed by atoms with Crippen molar-refractivity contribution in [3.8, 4) is 0 Å². The average molecular weight is 278 g/mol. The molecule has 94 valence electrons. The van der Waals surface area contributed by atoms with E-state index >= 15 is 0 Å². The first-order chi connectivity index (χ1) is 7.66. The zero-order valence-corrected chi connectivity index (χ0v) is 10.1. The molecule has 0 saturated heterocycles. The van der Waals surface area contributed by atoms with Gasteiger partial charge in [-0.2, -0.15) is 16.8 Å². The molecule has 0 spiro atoms. The van der Waals surface area contributed by atoms with Crippen molar-refractivity contribution in [1.29, 1.82) is 0 Å². The molecule has 1 aromatic rings. The second-order valence-corrected chi connectivity index (χ2v) is 6.53. The zero-order chi connectivity index (χ0) is 13.3. The van der Waals surface area contributed by atoms with Crippen LogP contribution in [0.5, 0.6) is 0 Å². The number of hydrogen-bond acceptors (Lipinski definition) is 4. The quantitative estimate of drug-likeness (QED) is 0.798. The van der Waals surface area contributed by atoms with Gasteiger partial charge in [-0.05, 0) is 11.1 Å². The Bertz CT molecular complexity index is 580. The van der Waals surface area contributed by atoms with Gasteiger partial charge in [-0.25, -0.2) is 0 Å². The lowest BCUT2D eigenvalue weighted by Crippen LogP contribution is -2.21. The van der Waals surface area contributed by atoms with Crippen molar-refractivity contribution in [3.63, 3.8) is 0 Å². The zero-order valence-electron chi connectivity index (χ0n) is 8.52. The van der Waals surface area contributed by atoms with E-state index in [1.54, 1.807) is 0 Å². The van der Waals surface area contributed by atoms with Crippen molar-refractivity contribution < 1.29 is 25.9 Å². The third-order valence-electron chi connectivity index (χ3n) is 1.99. The van der Waals surface area contributed by atoms with Crippen LogP contribution in [0, 0.1) is 0 Å². The third-order valence-corrected chi connectivity index (χ3v) is 5.07. The van der Waals surface area contributed by atoms with Crippen LogP contribution in [0.3, 0.4) is 0 Å². The summed E-state index contributed by atoms with van der Waals surface area (Å²) < 4.78 is 58.9. The molecule has 0 aliphatic carbocycles. The molecule has 0 aromatic heterocycles. The Morgan fingerprint density at radius 2 is 1.41 bits per heavy atom. The van der Waals surface area contributed by atoms with Crippen molar-refractivity contribution in [2.24, 2.45) is 0 Å². The SMILES string of the molecule is C=Cc1ccc(C(S(=O)(=O)O)S(=O)(=O)O)cc1. The van der Waals surface area contributed by atoms with Crippen molar-refractivity contribution >= 4 is 26.3 Å². The first-order valence-electron chi connectivity index (χ1n) is 4.31. The normalized spacial score (nSPS) is 12.6. The van der Waals surface area contributed by atoms with E-state index in [1.165, 1.54) is 30.3 Å². The summed E-state index contributed by atoms with van der Waals surface area (Å²) >= 11 is 0. The number of hydrogen-bond donors (Lipinski definition) is 2. The van der Waals surface area contributed by atoms with E-state index in [1.807, 2.05) is 0 Å². The van der Waals surface area contributed by atoms with E-state index in [9.17, 15) is 16.8 Å². The highest BCUT2D eigenvalue weighted by Crippen LogP contribution is 2.27. The predicted octanol–water partition coefficient (Wildman–Crippen LogP) is 1.10. The largest absolute Gasteiger partial charge is 0.289 e. The van der Waals surface area contributed by atoms with E-state index in [0.717, 1.165) is 0 Å². The molecule has 0 saturated carbocycles. The third kappa shape index (κ3) is 3.37. The maximum atomic E-state index is 10.9. The standard InChI is InChI=1S/C9H10O6S2/c1-2-7-3-5-8(6-4-7)9(16(10,11)12)17(13,14)15/h2-6,9H,1H2,(H,10,11,12)(H,13,14,15). The maximum absolute atomic E-state index is 10.9. The van der Waals surface area contributed by atoms with Crippen LogP contribution in [0.4, 0.5) is 0 Å². The molecule has 6 nitrogen and oxygen atoms in total. The van der Waals surface area contributed by atoms with Gasteiger partial charge in [0.05, 0.1) is 0 Å². The molecule has 17 heavy (non-hydrogen) atoms. The fraction of sp³-hybridized carbons (Fsp3) is 0.111. The summed E-state index contributed by atoms with van der Waals surface area (Å²) in [7, 11) is -9.92. The summed E-state index contributed by atoms with van der Waals surface area (Å²) in [6.45, 7) is 3.47. The van der Waals surface area contributed by atoms with Crippen LogP contribution in [0.1, 0.15) is 15.7 Å². The van der Waals surface area contributed by atoms with Gasteiger partial charge >= 0.3 is 0 Å². The topological polar surface area (TPSA) is 109 Å². The smallest absolute Gasteiger partial charge is 0.284 e. The van der Waals surface area contributed by atoms with Crippen LogP contribution in [-0.4, -0.2) is 25.9 Å². The monoisotopic (exact) mass is 278 g/mol. The van der Waals surface area contributed by atoms with Crippen LogP contribution in [0.2, 0.25) is 0 Å². The highest BCUT2D eigenvalue weighted by molar-refractivity contribution is 8.03. The van der Waals surface area contributed by atoms with Crippen molar-refractivity contribution in [1.82, 2.24) is 0 Å². The molecule has 0 radical (unpaired) electrons. The summed E-state index contributed by atoms with van der Waals surface area (Å²) in [5, 5.41) is 0. The molecule has 0 atom stereocenters. The summed E-state index contributed by atoms with van der Waals surface area (Å²) in [5.74, 6) is 0. The van der Waals surface area contributed by atoms with E-state index < -0.39 is 24.8 Å². The molecule has 0 amide bonds. The summed E-state index contributed by atoms with van der Waals surface area (Å²) in [4.78, 5) is 0. The molecule has 0 fully saturated rings. The lowest BCUT2D eigenvalue weighted by atomic mass is 10.1. The van der Waals surface area contributed by atoms with E-state index in [0.29, 0.717) is 5.56 Å². The second-order valence-electron chi connectivity index (χ2n) is 3.23. The molecule has 0 unspecified atom stereocenters. The first kappa shape index (κ1) is 13.8. The van der Waals surface area contributed by atoms with Gasteiger partial charge in [-0.15, -0.1) is 0 Å². The van der Waals surface area contributed by atoms with E-state index in [-0.39, 0.29) is 5.56 Å². The molecule has 2 N–H and O–H groups in total. The molecule has 1 aromatic carbocycles. The fourth-order valence-corrected chi connectivity index (χ4v) is 3.52. The van der Waals surface area contributed by atoms with Crippen LogP contribution in [0.15, 0.2) is 30.8 Å². The van der Waals surface area contributed by atoms with Crippen LogP contribution < -0.4 is 0 Å². The minimum absolute atomic E-state index is 0.249. The highest BCUT2D eigenvalue weighted by atomic mass is 32.3. The van der Waals surface area contributed by atoms with Crippen molar-refractivity contribution in [2.45, 2.75) is 4.58 Å². The fourth-order valence-electron chi connectivity index (χ4n) is 1.29. The van der Waals surface area contributed by atoms with Crippen molar-refractivity contribution in [3.05, 3.63) is 42.0 Å². The van der Waals surface area contributed by atoms with Gasteiger partial charge in [0.25, 0.3) is 20.2 Å². The van der Waals surface area contributed by atoms with Crippen LogP contribution >= 0.6 is 0 Å². The Kier molecular flexibility index (Phi) is 3.72. The average Bonchev–Trinajstić information content (AvgIpc) is 2.14. The Hall–Kier alpha value is -1.22. The lowest BCUT2D eigenvalue weighted by Gasteiger charge is -2.11. The Balaban J connectivity index is 3.39. The first-order valence-corrected chi connectivity index (χ1v) is 7.32. The van der Waals surface area contributed by atoms with Crippen LogP contribution in [0.25, 0.3) is 6.08 Å². The van der Waals surface area contributed by atoms with Crippen molar-refractivity contribution in [2.75, 3.05) is 0 Å². The van der Waals surface area contributed by atoms with Gasteiger partial charge < -0.3 is 0 Å². The predicted molar refractivity (Wildman–Crippen MR) is 62.4 cm³/mol. The maximum Gasteiger partial charge on any atom is 0.289 e. The number of benzene rings is 1. The molecule has 8 heteroatoms. The second kappa shape index (κ2) is 4.57. The molecule has 0 aliphatic rings. The summed E-state index contributed by atoms with van der Waals surface area (Å²) in [6.07, 6.45) is 1.47. The minimum atomic E-state index is -4.96. The Morgan fingerprint density at radius 3 is 1.71 bits per heavy atom. The molecule has 0 heterocycles. The van der Waals surface area contributed by atoms with Gasteiger partial charge in [-0.3, -0.25) is 9.11 Å². The summed E-state index contributed by atoms with van der Waals surface area (Å²) in [6, 6.07) is 5.16. The van der Waals surface area contributed by atoms with Crippen LogP contribution in [-0.2, 0) is 20.2 Å². The summed E-state index contributed by atoms with van der Waals surface area (Å²) in [5.41, 5.74) is 0.388. The van der Waals surface area contributed by atoms with Gasteiger partial charge in [0, 0.05) is 0 Å². The van der Waals surface area contributed by atoms with Gasteiger partial charge in [0.15, 0.2) is 0 Å². The van der Waals surface area contributed by atoms with E-state index in [2.05, 4.69) is 6.58 Å². The lowest BCUT2D eigenvalue weighted by molar-refractivity contribution is 0.456. The molecule has 1 rings (SSSR count). The molecule has 0 bridgehead atoms. The molecular weight excluding hydrogens is 268 g/mol. The van der Waals surface area contributed by atoms with Gasteiger partial charge in [0.1, 0.15) is 0 Å². The van der Waals surface area contributed by atoms with Gasteiger partial charge in [-0.1, -0.05) is 36.9 Å². The number of rotatable bonds is 4. The van der Waals surface area contributed by atoms with Gasteiger partial charge in [0.2, 0.25) is 4.58 Å². The molecule has 0 aliphatic heterocycles. The van der Waals surface area contributed by atoms with E-state index in [4.69, 9.17) is 9.11 Å². The molecular formula is C9H10O6S2. The minimum Gasteiger partial charge on any atom is -0.284 e. The Morgan fingerprint density at radius 1 is 1.00 bits per heavy atom. The Labute approximate surface area is 99.1 Å².